The zero-order valence-electron chi connectivity index (χ0n) is 9.11. The van der Waals surface area contributed by atoms with Gasteiger partial charge in [0.2, 0.25) is 0 Å². The largest absolute Gasteiger partial charge is 0.298 e. The van der Waals surface area contributed by atoms with Crippen LogP contribution >= 0.6 is 23.1 Å². The number of hydrogen-bond acceptors (Lipinski definition) is 6. The molecule has 0 unspecified atom stereocenters. The summed E-state index contributed by atoms with van der Waals surface area (Å²) in [5.41, 5.74) is 3.10. The van der Waals surface area contributed by atoms with Crippen LogP contribution in [0.15, 0.2) is 45.2 Å². The first kappa shape index (κ1) is 11.3. The van der Waals surface area contributed by atoms with E-state index in [-0.39, 0.29) is 0 Å². The summed E-state index contributed by atoms with van der Waals surface area (Å²) in [6.07, 6.45) is 0.822. The van der Waals surface area contributed by atoms with Crippen LogP contribution in [0.3, 0.4) is 0 Å². The van der Waals surface area contributed by atoms with E-state index in [0.29, 0.717) is 10.6 Å². The second-order valence-corrected chi connectivity index (χ2v) is 5.57. The van der Waals surface area contributed by atoms with Crippen molar-refractivity contribution in [2.45, 2.75) is 9.37 Å². The molecule has 6 heteroatoms. The van der Waals surface area contributed by atoms with Gasteiger partial charge in [0, 0.05) is 10.9 Å². The van der Waals surface area contributed by atoms with Crippen molar-refractivity contribution in [2.24, 2.45) is 0 Å². The maximum atomic E-state index is 11.1. The Kier molecular flexibility index (Phi) is 3.04. The molecule has 0 aliphatic heterocycles. The summed E-state index contributed by atoms with van der Waals surface area (Å²) in [4.78, 5) is 15.6. The molecule has 0 aliphatic rings. The first-order valence-electron chi connectivity index (χ1n) is 5.16. The molecule has 0 bridgehead atoms. The molecule has 18 heavy (non-hydrogen) atoms. The Morgan fingerprint density at radius 2 is 2.17 bits per heavy atom. The Balaban J connectivity index is 2.11. The number of nitrogens with zero attached hydrogens (tertiary/aromatic N) is 3. The summed E-state index contributed by atoms with van der Waals surface area (Å²) in [5, 5.41) is 9.34. The van der Waals surface area contributed by atoms with Crippen LogP contribution in [0.4, 0.5) is 0 Å². The maximum Gasteiger partial charge on any atom is 0.180 e. The van der Waals surface area contributed by atoms with Crippen LogP contribution in [0.5, 0.6) is 0 Å². The number of pyridine rings is 1. The van der Waals surface area contributed by atoms with Crippen molar-refractivity contribution in [2.75, 3.05) is 0 Å². The van der Waals surface area contributed by atoms with Gasteiger partial charge in [0.05, 0.1) is 5.52 Å². The minimum absolute atomic E-state index is 0.578. The van der Waals surface area contributed by atoms with E-state index in [9.17, 15) is 4.79 Å². The molecule has 0 saturated heterocycles. The second kappa shape index (κ2) is 4.83. The van der Waals surface area contributed by atoms with E-state index in [1.165, 1.54) is 23.1 Å². The third-order valence-electron chi connectivity index (χ3n) is 2.37. The van der Waals surface area contributed by atoms with Gasteiger partial charge in [-0.15, -0.1) is 10.2 Å². The molecular formula is C12H7N3OS2. The minimum atomic E-state index is 0.578. The van der Waals surface area contributed by atoms with Crippen molar-refractivity contribution in [1.29, 1.82) is 0 Å². The van der Waals surface area contributed by atoms with Gasteiger partial charge in [-0.05, 0) is 23.9 Å². The Morgan fingerprint density at radius 3 is 2.94 bits per heavy atom. The zero-order chi connectivity index (χ0) is 12.4. The molecule has 2 heterocycles. The summed E-state index contributed by atoms with van der Waals surface area (Å²) in [7, 11) is 0. The van der Waals surface area contributed by atoms with Crippen LogP contribution in [0, 0.1) is 0 Å². The van der Waals surface area contributed by atoms with Gasteiger partial charge in [-0.25, -0.2) is 4.98 Å². The van der Waals surface area contributed by atoms with E-state index >= 15 is 0 Å². The lowest BCUT2D eigenvalue weighted by molar-refractivity contribution is 0.112. The highest BCUT2D eigenvalue weighted by Crippen LogP contribution is 2.30. The lowest BCUT2D eigenvalue weighted by Crippen LogP contribution is -1.91. The fourth-order valence-corrected chi connectivity index (χ4v) is 3.03. The first-order valence-corrected chi connectivity index (χ1v) is 6.85. The quantitative estimate of drug-likeness (QED) is 0.686. The monoisotopic (exact) mass is 273 g/mol. The summed E-state index contributed by atoms with van der Waals surface area (Å²) >= 11 is 2.79. The summed E-state index contributed by atoms with van der Waals surface area (Å²) in [6.45, 7) is 0. The van der Waals surface area contributed by atoms with Crippen LogP contribution in [-0.2, 0) is 0 Å². The van der Waals surface area contributed by atoms with Gasteiger partial charge >= 0.3 is 0 Å². The average Bonchev–Trinajstić information content (AvgIpc) is 2.91. The number of para-hydroxylation sites is 1. The molecular weight excluding hydrogens is 266 g/mol. The van der Waals surface area contributed by atoms with Crippen molar-refractivity contribution < 1.29 is 4.79 Å². The Labute approximate surface area is 111 Å². The Hall–Kier alpha value is -1.79. The van der Waals surface area contributed by atoms with E-state index in [4.69, 9.17) is 0 Å². The molecule has 0 amide bonds. The van der Waals surface area contributed by atoms with Gasteiger partial charge in [-0.1, -0.05) is 29.5 Å². The van der Waals surface area contributed by atoms with Crippen molar-refractivity contribution >= 4 is 40.3 Å². The molecule has 0 radical (unpaired) electrons. The number of carbonyl (C=O) groups is 1. The topological polar surface area (TPSA) is 55.7 Å². The molecule has 3 rings (SSSR count). The lowest BCUT2D eigenvalue weighted by atomic mass is 10.2. The highest BCUT2D eigenvalue weighted by atomic mass is 32.2. The highest BCUT2D eigenvalue weighted by molar-refractivity contribution is 8.01. The summed E-state index contributed by atoms with van der Waals surface area (Å²) < 4.78 is 0.779. The van der Waals surface area contributed by atoms with Crippen molar-refractivity contribution in [1.82, 2.24) is 15.2 Å². The van der Waals surface area contributed by atoms with E-state index in [2.05, 4.69) is 15.2 Å². The van der Waals surface area contributed by atoms with Gasteiger partial charge in [0.25, 0.3) is 0 Å². The molecule has 0 aliphatic carbocycles. The van der Waals surface area contributed by atoms with Crippen molar-refractivity contribution in [3.8, 4) is 0 Å². The second-order valence-electron chi connectivity index (χ2n) is 3.50. The van der Waals surface area contributed by atoms with Gasteiger partial charge in [-0.3, -0.25) is 4.79 Å². The average molecular weight is 273 g/mol. The molecule has 0 fully saturated rings. The number of carbonyl (C=O) groups excluding carboxylic acids is 1. The molecule has 4 nitrogen and oxygen atoms in total. The summed E-state index contributed by atoms with van der Waals surface area (Å²) in [6, 6.07) is 9.56. The molecule has 0 spiro atoms. The number of fused-ring (bicyclic) bond motifs is 1. The van der Waals surface area contributed by atoms with E-state index in [1.54, 1.807) is 5.51 Å². The van der Waals surface area contributed by atoms with E-state index < -0.39 is 0 Å². The van der Waals surface area contributed by atoms with Crippen molar-refractivity contribution in [3.63, 3.8) is 0 Å². The van der Waals surface area contributed by atoms with E-state index in [1.807, 2.05) is 30.3 Å². The van der Waals surface area contributed by atoms with Gasteiger partial charge in [0.15, 0.2) is 10.6 Å². The van der Waals surface area contributed by atoms with E-state index in [0.717, 1.165) is 21.5 Å². The van der Waals surface area contributed by atoms with Gasteiger partial charge in [0.1, 0.15) is 10.5 Å². The van der Waals surface area contributed by atoms with Crippen LogP contribution in [0.25, 0.3) is 10.9 Å². The van der Waals surface area contributed by atoms with Crippen LogP contribution in [0.1, 0.15) is 10.4 Å². The Bertz CT molecular complexity index is 698. The third kappa shape index (κ3) is 2.12. The molecule has 0 N–H and O–H groups in total. The molecule has 1 aromatic carbocycles. The van der Waals surface area contributed by atoms with Crippen LogP contribution < -0.4 is 0 Å². The predicted octanol–water partition coefficient (Wildman–Crippen LogP) is 3.05. The number of aldehydes is 1. The first-order chi connectivity index (χ1) is 8.86. The Morgan fingerprint density at radius 1 is 1.28 bits per heavy atom. The number of hydrogen-bond donors (Lipinski definition) is 0. The normalized spacial score (nSPS) is 10.7. The fraction of sp³-hybridized carbons (Fsp3) is 0. The highest BCUT2D eigenvalue weighted by Gasteiger charge is 2.09. The zero-order valence-corrected chi connectivity index (χ0v) is 10.7. The van der Waals surface area contributed by atoms with Crippen LogP contribution in [-0.4, -0.2) is 21.5 Å². The van der Waals surface area contributed by atoms with Gasteiger partial charge < -0.3 is 0 Å². The number of rotatable bonds is 3. The molecule has 0 saturated carbocycles. The van der Waals surface area contributed by atoms with Gasteiger partial charge in [-0.2, -0.15) is 0 Å². The lowest BCUT2D eigenvalue weighted by Gasteiger charge is -2.03. The third-order valence-corrected chi connectivity index (χ3v) is 4.17. The molecule has 0 atom stereocenters. The fourth-order valence-electron chi connectivity index (χ4n) is 1.57. The maximum absolute atomic E-state index is 11.1. The predicted molar refractivity (Wildman–Crippen MR) is 71.2 cm³/mol. The van der Waals surface area contributed by atoms with Crippen LogP contribution in [0.2, 0.25) is 0 Å². The smallest absolute Gasteiger partial charge is 0.180 e. The molecule has 3 aromatic rings. The molecule has 2 aromatic heterocycles. The number of aromatic nitrogens is 3. The molecule has 88 valence electrons. The van der Waals surface area contributed by atoms with Crippen molar-refractivity contribution in [3.05, 3.63) is 41.4 Å². The number of benzene rings is 1. The summed E-state index contributed by atoms with van der Waals surface area (Å²) in [5.74, 6) is 0. The standard InChI is InChI=1S/C12H7N3OS2/c16-6-9-5-8-3-1-2-4-10(8)14-11(9)18-12-15-13-7-17-12/h1-7H. The minimum Gasteiger partial charge on any atom is -0.298 e. The SMILES string of the molecule is O=Cc1cc2ccccc2nc1Sc1nncs1.